The molecule has 82 valence electrons. The summed E-state index contributed by atoms with van der Waals surface area (Å²) >= 11 is 0. The Kier molecular flexibility index (Phi) is 4.73. The predicted octanol–water partition coefficient (Wildman–Crippen LogP) is 1.24. The van der Waals surface area contributed by atoms with Gasteiger partial charge in [-0.05, 0) is 19.3 Å². The van der Waals surface area contributed by atoms with Crippen LogP contribution in [0.2, 0.25) is 0 Å². The Balaban J connectivity index is 2.19. The molecule has 1 heterocycles. The van der Waals surface area contributed by atoms with Crippen LogP contribution >= 0.6 is 0 Å². The molecule has 0 aliphatic carbocycles. The van der Waals surface area contributed by atoms with Gasteiger partial charge in [0, 0.05) is 25.6 Å². The Bertz CT molecular complexity index is 178. The molecule has 1 N–H and O–H groups in total. The van der Waals surface area contributed by atoms with E-state index in [1.807, 2.05) is 6.92 Å². The highest BCUT2D eigenvalue weighted by Gasteiger charge is 2.17. The molecule has 1 aliphatic rings. The Morgan fingerprint density at radius 1 is 1.43 bits per heavy atom. The molecule has 1 aliphatic heterocycles. The van der Waals surface area contributed by atoms with Crippen LogP contribution in [0.25, 0.3) is 0 Å². The summed E-state index contributed by atoms with van der Waals surface area (Å²) in [5, 5.41) is 8.75. The topological polar surface area (TPSA) is 49.8 Å². The molecule has 0 aromatic carbocycles. The average molecular weight is 201 g/mol. The van der Waals surface area contributed by atoms with Crippen LogP contribution in [0.5, 0.6) is 0 Å². The van der Waals surface area contributed by atoms with E-state index in [4.69, 9.17) is 9.84 Å². The van der Waals surface area contributed by atoms with Gasteiger partial charge in [-0.1, -0.05) is 6.92 Å². The number of carbonyl (C=O) groups is 1. The Labute approximate surface area is 84.8 Å². The van der Waals surface area contributed by atoms with E-state index in [9.17, 15) is 4.79 Å². The normalized spacial score (nSPS) is 19.1. The van der Waals surface area contributed by atoms with Crippen LogP contribution in [0.3, 0.4) is 0 Å². The third-order valence-corrected chi connectivity index (χ3v) is 2.42. The minimum absolute atomic E-state index is 0.0312. The van der Waals surface area contributed by atoms with Gasteiger partial charge < -0.3 is 14.7 Å². The van der Waals surface area contributed by atoms with Gasteiger partial charge >= 0.3 is 6.09 Å². The van der Waals surface area contributed by atoms with Gasteiger partial charge in [-0.3, -0.25) is 0 Å². The minimum atomic E-state index is -0.231. The quantitative estimate of drug-likeness (QED) is 0.747. The lowest BCUT2D eigenvalue weighted by Crippen LogP contribution is -2.36. The first kappa shape index (κ1) is 11.3. The maximum absolute atomic E-state index is 11.4. The van der Waals surface area contributed by atoms with Gasteiger partial charge in [0.05, 0.1) is 6.61 Å². The summed E-state index contributed by atoms with van der Waals surface area (Å²) in [5.74, 6) is 0.0312. The smallest absolute Gasteiger partial charge is 0.409 e. The zero-order chi connectivity index (χ0) is 10.4. The van der Waals surface area contributed by atoms with Gasteiger partial charge in [-0.2, -0.15) is 0 Å². The number of aliphatic hydroxyl groups excluding tert-OH is 1. The fourth-order valence-corrected chi connectivity index (χ4v) is 1.43. The van der Waals surface area contributed by atoms with Crippen LogP contribution in [-0.2, 0) is 4.74 Å². The second-order valence-corrected chi connectivity index (χ2v) is 3.91. The molecule has 0 bridgehead atoms. The minimum Gasteiger partial charge on any atom is -0.449 e. The summed E-state index contributed by atoms with van der Waals surface area (Å²) in [4.78, 5) is 13.2. The van der Waals surface area contributed by atoms with Crippen LogP contribution in [0.1, 0.15) is 26.2 Å². The molecule has 0 saturated carbocycles. The molecule has 0 radical (unpaired) electrons. The van der Waals surface area contributed by atoms with E-state index in [2.05, 4.69) is 0 Å². The maximum atomic E-state index is 11.4. The number of carbonyl (C=O) groups excluding carboxylic acids is 1. The van der Waals surface area contributed by atoms with Crippen LogP contribution in [0, 0.1) is 5.92 Å². The van der Waals surface area contributed by atoms with Crippen LogP contribution in [-0.4, -0.2) is 42.4 Å². The molecule has 4 nitrogen and oxygen atoms in total. The number of amides is 1. The van der Waals surface area contributed by atoms with Gasteiger partial charge in [0.15, 0.2) is 0 Å². The number of likely N-dealkylation sites (tertiary alicyclic amines) is 1. The number of hydrogen-bond acceptors (Lipinski definition) is 3. The number of nitrogens with zero attached hydrogens (tertiary/aromatic N) is 1. The van der Waals surface area contributed by atoms with Gasteiger partial charge in [0.25, 0.3) is 0 Å². The summed E-state index contributed by atoms with van der Waals surface area (Å²) in [6.07, 6.45) is 3.12. The number of hydrogen-bond donors (Lipinski definition) is 1. The van der Waals surface area contributed by atoms with Crippen molar-refractivity contribution in [3.8, 4) is 0 Å². The van der Waals surface area contributed by atoms with Crippen LogP contribution in [0.4, 0.5) is 4.79 Å². The average Bonchev–Trinajstić information content (AvgIpc) is 2.26. The first-order valence-electron chi connectivity index (χ1n) is 5.26. The molecule has 0 spiro atoms. The number of aliphatic hydroxyl groups is 1. The van der Waals surface area contributed by atoms with Crippen molar-refractivity contribution in [3.05, 3.63) is 0 Å². The molecule has 0 aromatic heterocycles. The van der Waals surface area contributed by atoms with Gasteiger partial charge in [-0.15, -0.1) is 0 Å². The standard InChI is InChI=1S/C10H19NO3/c1-9(7-12)8-14-10(13)11-5-3-2-4-6-11/h9,12H,2-8H2,1H3. The van der Waals surface area contributed by atoms with Crippen LogP contribution < -0.4 is 0 Å². The lowest BCUT2D eigenvalue weighted by atomic mass is 10.1. The van der Waals surface area contributed by atoms with Crippen molar-refractivity contribution in [1.29, 1.82) is 0 Å². The van der Waals surface area contributed by atoms with Gasteiger partial charge in [0.1, 0.15) is 0 Å². The van der Waals surface area contributed by atoms with Crippen molar-refractivity contribution in [2.45, 2.75) is 26.2 Å². The fraction of sp³-hybridized carbons (Fsp3) is 0.900. The molecule has 4 heteroatoms. The molecule has 1 atom stereocenters. The molecule has 1 amide bonds. The zero-order valence-electron chi connectivity index (χ0n) is 8.74. The summed E-state index contributed by atoms with van der Waals surface area (Å²) in [5.41, 5.74) is 0. The lowest BCUT2D eigenvalue weighted by molar-refractivity contribution is 0.0727. The molecular formula is C10H19NO3. The van der Waals surface area contributed by atoms with Crippen molar-refractivity contribution in [1.82, 2.24) is 4.90 Å². The maximum Gasteiger partial charge on any atom is 0.409 e. The second-order valence-electron chi connectivity index (χ2n) is 3.91. The van der Waals surface area contributed by atoms with Crippen molar-refractivity contribution >= 4 is 6.09 Å². The third-order valence-electron chi connectivity index (χ3n) is 2.42. The van der Waals surface area contributed by atoms with Crippen molar-refractivity contribution in [2.24, 2.45) is 5.92 Å². The summed E-state index contributed by atoms with van der Waals surface area (Å²) in [6, 6.07) is 0. The second kappa shape index (κ2) is 5.86. The molecule has 0 aromatic rings. The molecule has 1 unspecified atom stereocenters. The third kappa shape index (κ3) is 3.54. The molecule has 1 rings (SSSR count). The Hall–Kier alpha value is -0.770. The summed E-state index contributed by atoms with van der Waals surface area (Å²) < 4.78 is 5.06. The highest BCUT2D eigenvalue weighted by atomic mass is 16.6. The van der Waals surface area contributed by atoms with E-state index in [1.165, 1.54) is 6.42 Å². The van der Waals surface area contributed by atoms with E-state index in [1.54, 1.807) is 4.90 Å². The SMILES string of the molecule is CC(CO)COC(=O)N1CCCCC1. The monoisotopic (exact) mass is 201 g/mol. The number of rotatable bonds is 3. The molecule has 1 fully saturated rings. The molecular weight excluding hydrogens is 182 g/mol. The molecule has 1 saturated heterocycles. The fourth-order valence-electron chi connectivity index (χ4n) is 1.43. The van der Waals surface area contributed by atoms with Gasteiger partial charge in [-0.25, -0.2) is 4.79 Å². The highest BCUT2D eigenvalue weighted by Crippen LogP contribution is 2.10. The van der Waals surface area contributed by atoms with Crippen molar-refractivity contribution in [2.75, 3.05) is 26.3 Å². The first-order chi connectivity index (χ1) is 6.74. The lowest BCUT2D eigenvalue weighted by Gasteiger charge is -2.26. The first-order valence-corrected chi connectivity index (χ1v) is 5.26. The van der Waals surface area contributed by atoms with E-state index in [-0.39, 0.29) is 18.6 Å². The Morgan fingerprint density at radius 2 is 2.07 bits per heavy atom. The van der Waals surface area contributed by atoms with E-state index >= 15 is 0 Å². The zero-order valence-corrected chi connectivity index (χ0v) is 8.74. The van der Waals surface area contributed by atoms with E-state index in [0.29, 0.717) is 6.61 Å². The van der Waals surface area contributed by atoms with Crippen LogP contribution in [0.15, 0.2) is 0 Å². The molecule has 14 heavy (non-hydrogen) atoms. The van der Waals surface area contributed by atoms with Crippen molar-refractivity contribution in [3.63, 3.8) is 0 Å². The highest BCUT2D eigenvalue weighted by molar-refractivity contribution is 5.67. The summed E-state index contributed by atoms with van der Waals surface area (Å²) in [6.45, 7) is 3.85. The summed E-state index contributed by atoms with van der Waals surface area (Å²) in [7, 11) is 0. The number of piperidine rings is 1. The number of ether oxygens (including phenoxy) is 1. The van der Waals surface area contributed by atoms with Gasteiger partial charge in [0.2, 0.25) is 0 Å². The largest absolute Gasteiger partial charge is 0.449 e. The van der Waals surface area contributed by atoms with Crippen molar-refractivity contribution < 1.29 is 14.6 Å². The van der Waals surface area contributed by atoms with E-state index < -0.39 is 0 Å². The van der Waals surface area contributed by atoms with E-state index in [0.717, 1.165) is 25.9 Å². The Morgan fingerprint density at radius 3 is 2.64 bits per heavy atom. The predicted molar refractivity (Wildman–Crippen MR) is 53.0 cm³/mol.